The van der Waals surface area contributed by atoms with E-state index in [1.54, 1.807) is 0 Å². The van der Waals surface area contributed by atoms with E-state index in [-0.39, 0.29) is 5.95 Å². The molecule has 5 nitrogen and oxygen atoms in total. The van der Waals surface area contributed by atoms with Crippen molar-refractivity contribution in [2.45, 2.75) is 0 Å². The van der Waals surface area contributed by atoms with Crippen LogP contribution in [0, 0.1) is 0 Å². The van der Waals surface area contributed by atoms with Crippen molar-refractivity contribution in [2.75, 3.05) is 11.1 Å². The fourth-order valence-corrected chi connectivity index (χ4v) is 1.30. The zero-order valence-electron chi connectivity index (χ0n) is 7.68. The maximum atomic E-state index is 5.43. The lowest BCUT2D eigenvalue weighted by atomic mass is 10.3. The maximum Gasteiger partial charge on any atom is 0.231 e. The first-order valence-electron chi connectivity index (χ1n) is 4.21. The van der Waals surface area contributed by atoms with Crippen LogP contribution < -0.4 is 11.1 Å². The molecule has 0 aliphatic carbocycles. The van der Waals surface area contributed by atoms with Crippen LogP contribution in [0.5, 0.6) is 0 Å². The molecule has 0 spiro atoms. The molecule has 2 rings (SSSR count). The molecule has 0 radical (unpaired) electrons. The lowest BCUT2D eigenvalue weighted by molar-refractivity contribution is 1.07. The van der Waals surface area contributed by atoms with Gasteiger partial charge in [0.05, 0.1) is 0 Å². The van der Waals surface area contributed by atoms with Gasteiger partial charge >= 0.3 is 0 Å². The van der Waals surface area contributed by atoms with E-state index in [2.05, 4.69) is 36.2 Å². The molecule has 0 saturated heterocycles. The molecule has 76 valence electrons. The first-order valence-corrected chi connectivity index (χ1v) is 5.00. The highest BCUT2D eigenvalue weighted by atomic mass is 79.9. The number of nitrogens with two attached hydrogens (primary N) is 1. The van der Waals surface area contributed by atoms with E-state index < -0.39 is 0 Å². The number of benzene rings is 1. The van der Waals surface area contributed by atoms with Gasteiger partial charge in [0.1, 0.15) is 6.33 Å². The predicted molar refractivity (Wildman–Crippen MR) is 61.7 cm³/mol. The minimum absolute atomic E-state index is 0.199. The lowest BCUT2D eigenvalue weighted by Gasteiger charge is -2.03. The molecule has 0 aliphatic heterocycles. The SMILES string of the molecule is Nc1ncnc(Nc2ccc(Br)cc2)n1. The quantitative estimate of drug-likeness (QED) is 0.868. The summed E-state index contributed by atoms with van der Waals surface area (Å²) in [5, 5.41) is 3.01. The fraction of sp³-hybridized carbons (Fsp3) is 0. The smallest absolute Gasteiger partial charge is 0.231 e. The molecule has 0 aliphatic rings. The summed E-state index contributed by atoms with van der Waals surface area (Å²) in [4.78, 5) is 11.6. The molecular formula is C9H8BrN5. The average molecular weight is 266 g/mol. The van der Waals surface area contributed by atoms with E-state index in [0.717, 1.165) is 10.2 Å². The minimum Gasteiger partial charge on any atom is -0.368 e. The third kappa shape index (κ3) is 2.63. The normalized spacial score (nSPS) is 9.93. The first-order chi connectivity index (χ1) is 7.24. The Labute approximate surface area is 94.9 Å². The number of anilines is 3. The second-order valence-corrected chi connectivity index (χ2v) is 3.71. The zero-order valence-corrected chi connectivity index (χ0v) is 9.27. The standard InChI is InChI=1S/C9H8BrN5/c10-6-1-3-7(4-2-6)14-9-13-5-12-8(11)15-9/h1-5H,(H3,11,12,13,14,15). The van der Waals surface area contributed by atoms with Crippen LogP contribution in [-0.2, 0) is 0 Å². The van der Waals surface area contributed by atoms with E-state index in [1.807, 2.05) is 24.3 Å². The molecule has 0 unspecified atom stereocenters. The number of rotatable bonds is 2. The molecule has 1 heterocycles. The Balaban J connectivity index is 2.18. The van der Waals surface area contributed by atoms with Gasteiger partial charge in [-0.05, 0) is 24.3 Å². The summed E-state index contributed by atoms with van der Waals surface area (Å²) in [6, 6.07) is 7.66. The molecular weight excluding hydrogens is 258 g/mol. The summed E-state index contributed by atoms with van der Waals surface area (Å²) in [6.07, 6.45) is 1.36. The highest BCUT2D eigenvalue weighted by Crippen LogP contribution is 2.16. The monoisotopic (exact) mass is 265 g/mol. The summed E-state index contributed by atoms with van der Waals surface area (Å²) in [5.74, 6) is 0.634. The number of hydrogen-bond acceptors (Lipinski definition) is 5. The Hall–Kier alpha value is -1.69. The van der Waals surface area contributed by atoms with Gasteiger partial charge < -0.3 is 11.1 Å². The first kappa shape index (κ1) is 9.85. The van der Waals surface area contributed by atoms with Crippen molar-refractivity contribution in [2.24, 2.45) is 0 Å². The topological polar surface area (TPSA) is 76.7 Å². The number of nitrogens with one attached hydrogen (secondary N) is 1. The van der Waals surface area contributed by atoms with Gasteiger partial charge in [-0.3, -0.25) is 0 Å². The van der Waals surface area contributed by atoms with Gasteiger partial charge in [-0.25, -0.2) is 9.97 Å². The molecule has 3 N–H and O–H groups in total. The summed E-state index contributed by atoms with van der Waals surface area (Å²) >= 11 is 3.35. The minimum atomic E-state index is 0.199. The number of halogens is 1. The van der Waals surface area contributed by atoms with Crippen LogP contribution >= 0.6 is 15.9 Å². The summed E-state index contributed by atoms with van der Waals surface area (Å²) in [7, 11) is 0. The Morgan fingerprint density at radius 3 is 2.53 bits per heavy atom. The van der Waals surface area contributed by atoms with Crippen molar-refractivity contribution in [3.05, 3.63) is 35.1 Å². The van der Waals surface area contributed by atoms with Gasteiger partial charge in [-0.1, -0.05) is 15.9 Å². The van der Waals surface area contributed by atoms with Gasteiger partial charge in [-0.2, -0.15) is 4.98 Å². The molecule has 1 aromatic carbocycles. The van der Waals surface area contributed by atoms with Gasteiger partial charge in [-0.15, -0.1) is 0 Å². The molecule has 6 heteroatoms. The van der Waals surface area contributed by atoms with E-state index in [1.165, 1.54) is 6.33 Å². The summed E-state index contributed by atoms with van der Waals surface area (Å²) < 4.78 is 1.02. The van der Waals surface area contributed by atoms with Gasteiger partial charge in [0.15, 0.2) is 0 Å². The second kappa shape index (κ2) is 4.22. The summed E-state index contributed by atoms with van der Waals surface area (Å²) in [6.45, 7) is 0. The number of aromatic nitrogens is 3. The maximum absolute atomic E-state index is 5.43. The van der Waals surface area contributed by atoms with Gasteiger partial charge in [0.2, 0.25) is 11.9 Å². The van der Waals surface area contributed by atoms with Crippen molar-refractivity contribution in [1.29, 1.82) is 0 Å². The van der Waals surface area contributed by atoms with Crippen LogP contribution in [0.4, 0.5) is 17.6 Å². The van der Waals surface area contributed by atoms with Crippen molar-refractivity contribution < 1.29 is 0 Å². The van der Waals surface area contributed by atoms with Gasteiger partial charge in [0, 0.05) is 10.2 Å². The van der Waals surface area contributed by atoms with Crippen LogP contribution in [0.3, 0.4) is 0 Å². The van der Waals surface area contributed by atoms with Crippen LogP contribution in [0.1, 0.15) is 0 Å². The zero-order chi connectivity index (χ0) is 10.7. The van der Waals surface area contributed by atoms with Crippen molar-refractivity contribution >= 4 is 33.5 Å². The summed E-state index contributed by atoms with van der Waals surface area (Å²) in [5.41, 5.74) is 6.32. The van der Waals surface area contributed by atoms with E-state index in [9.17, 15) is 0 Å². The third-order valence-electron chi connectivity index (χ3n) is 1.69. The van der Waals surface area contributed by atoms with Crippen LogP contribution in [0.15, 0.2) is 35.1 Å². The molecule has 0 bridgehead atoms. The lowest BCUT2D eigenvalue weighted by Crippen LogP contribution is -2.01. The van der Waals surface area contributed by atoms with Crippen LogP contribution in [-0.4, -0.2) is 15.0 Å². The van der Waals surface area contributed by atoms with E-state index >= 15 is 0 Å². The third-order valence-corrected chi connectivity index (χ3v) is 2.22. The molecule has 2 aromatic rings. The van der Waals surface area contributed by atoms with Gasteiger partial charge in [0.25, 0.3) is 0 Å². The molecule has 0 amide bonds. The molecule has 0 atom stereocenters. The van der Waals surface area contributed by atoms with E-state index in [4.69, 9.17) is 5.73 Å². The van der Waals surface area contributed by atoms with Crippen molar-refractivity contribution in [3.8, 4) is 0 Å². The van der Waals surface area contributed by atoms with Crippen LogP contribution in [0.2, 0.25) is 0 Å². The average Bonchev–Trinajstić information content (AvgIpc) is 2.22. The Morgan fingerprint density at radius 2 is 1.87 bits per heavy atom. The molecule has 0 fully saturated rings. The Bertz CT molecular complexity index is 456. The van der Waals surface area contributed by atoms with E-state index in [0.29, 0.717) is 5.95 Å². The molecule has 1 aromatic heterocycles. The molecule has 15 heavy (non-hydrogen) atoms. The van der Waals surface area contributed by atoms with Crippen LogP contribution in [0.25, 0.3) is 0 Å². The molecule has 0 saturated carbocycles. The second-order valence-electron chi connectivity index (χ2n) is 2.80. The van der Waals surface area contributed by atoms with Crippen molar-refractivity contribution in [3.63, 3.8) is 0 Å². The number of nitrogen functional groups attached to an aromatic ring is 1. The predicted octanol–water partition coefficient (Wildman–Crippen LogP) is 1.96. The largest absolute Gasteiger partial charge is 0.368 e. The number of nitrogens with zero attached hydrogens (tertiary/aromatic N) is 3. The number of hydrogen-bond donors (Lipinski definition) is 2. The van der Waals surface area contributed by atoms with Crippen molar-refractivity contribution in [1.82, 2.24) is 15.0 Å². The Kier molecular flexibility index (Phi) is 2.77. The Morgan fingerprint density at radius 1 is 1.13 bits per heavy atom. The highest BCUT2D eigenvalue weighted by molar-refractivity contribution is 9.10. The highest BCUT2D eigenvalue weighted by Gasteiger charge is 1.98. The fourth-order valence-electron chi connectivity index (χ4n) is 1.03.